The number of rotatable bonds is 7. The third kappa shape index (κ3) is 5.48. The van der Waals surface area contributed by atoms with Crippen LogP contribution in [0.25, 0.3) is 0 Å². The molecule has 2 aromatic carbocycles. The van der Waals surface area contributed by atoms with Crippen LogP contribution in [0.2, 0.25) is 10.0 Å². The Morgan fingerprint density at radius 1 is 1.10 bits per heavy atom. The van der Waals surface area contributed by atoms with Crippen molar-refractivity contribution in [3.8, 4) is 5.75 Å². The molecular formula is C23H19Cl2N3O3. The number of ether oxygens (including phenoxy) is 1. The normalized spacial score (nSPS) is 10.8. The predicted molar refractivity (Wildman–Crippen MR) is 120 cm³/mol. The number of furan rings is 1. The molecule has 0 radical (unpaired) electrons. The number of carbonyl (C=O) groups is 1. The number of hydrogen-bond acceptors (Lipinski definition) is 4. The Balaban J connectivity index is 1.34. The first-order valence-corrected chi connectivity index (χ1v) is 10.3. The van der Waals surface area contributed by atoms with Crippen molar-refractivity contribution in [3.05, 3.63) is 99.6 Å². The highest BCUT2D eigenvalue weighted by atomic mass is 35.5. The van der Waals surface area contributed by atoms with E-state index in [0.29, 0.717) is 33.9 Å². The fourth-order valence-corrected chi connectivity index (χ4v) is 3.46. The van der Waals surface area contributed by atoms with Gasteiger partial charge in [0.2, 0.25) is 0 Å². The molecule has 6 nitrogen and oxygen atoms in total. The van der Waals surface area contributed by atoms with Gasteiger partial charge >= 0.3 is 0 Å². The molecule has 1 N–H and O–H groups in total. The fourth-order valence-electron chi connectivity index (χ4n) is 3.02. The van der Waals surface area contributed by atoms with Crippen molar-refractivity contribution in [2.45, 2.75) is 20.1 Å². The number of aryl methyl sites for hydroxylation is 1. The fraction of sp³-hybridized carbons (Fsp3) is 0.130. The number of nitrogens with one attached hydrogen (secondary N) is 1. The molecule has 0 saturated heterocycles. The third-order valence-electron chi connectivity index (χ3n) is 4.51. The average Bonchev–Trinajstić information content (AvgIpc) is 3.37. The largest absolute Gasteiger partial charge is 0.485 e. The van der Waals surface area contributed by atoms with Gasteiger partial charge in [-0.05, 0) is 60.5 Å². The standard InChI is InChI=1S/C23H19Cl2N3O3/c1-15-11-18(25)5-7-20(15)30-14-19-6-8-21(31-19)23(29)26-22-9-10-28(27-22)13-16-3-2-4-17(24)12-16/h2-12H,13-14H2,1H3,(H,26,27,29). The van der Waals surface area contributed by atoms with Gasteiger partial charge in [0.25, 0.3) is 5.91 Å². The van der Waals surface area contributed by atoms with E-state index in [4.69, 9.17) is 32.4 Å². The number of hydrogen-bond donors (Lipinski definition) is 1. The molecule has 0 atom stereocenters. The summed E-state index contributed by atoms with van der Waals surface area (Å²) in [5.74, 6) is 1.46. The van der Waals surface area contributed by atoms with Crippen molar-refractivity contribution in [2.75, 3.05) is 5.32 Å². The summed E-state index contributed by atoms with van der Waals surface area (Å²) in [7, 11) is 0. The van der Waals surface area contributed by atoms with Crippen molar-refractivity contribution in [3.63, 3.8) is 0 Å². The number of amides is 1. The molecule has 2 aromatic heterocycles. The number of carbonyl (C=O) groups excluding carboxylic acids is 1. The molecule has 0 aliphatic heterocycles. The van der Waals surface area contributed by atoms with Crippen LogP contribution in [0.15, 0.2) is 71.3 Å². The summed E-state index contributed by atoms with van der Waals surface area (Å²) in [6, 6.07) is 18.0. The lowest BCUT2D eigenvalue weighted by atomic mass is 10.2. The third-order valence-corrected chi connectivity index (χ3v) is 4.98. The summed E-state index contributed by atoms with van der Waals surface area (Å²) >= 11 is 12.0. The lowest BCUT2D eigenvalue weighted by molar-refractivity contribution is 0.0992. The van der Waals surface area contributed by atoms with Crippen molar-refractivity contribution in [1.29, 1.82) is 0 Å². The van der Waals surface area contributed by atoms with Gasteiger partial charge in [0, 0.05) is 22.3 Å². The average molecular weight is 456 g/mol. The van der Waals surface area contributed by atoms with Gasteiger partial charge in [-0.2, -0.15) is 5.10 Å². The minimum absolute atomic E-state index is 0.177. The molecule has 0 unspecified atom stereocenters. The zero-order valence-corrected chi connectivity index (χ0v) is 18.2. The molecule has 0 aliphatic carbocycles. The van der Waals surface area contributed by atoms with Gasteiger partial charge in [0.1, 0.15) is 18.1 Å². The maximum absolute atomic E-state index is 12.5. The van der Waals surface area contributed by atoms with Gasteiger partial charge in [-0.1, -0.05) is 35.3 Å². The second-order valence-electron chi connectivity index (χ2n) is 6.95. The van der Waals surface area contributed by atoms with Crippen molar-refractivity contribution in [1.82, 2.24) is 9.78 Å². The number of nitrogens with zero attached hydrogens (tertiary/aromatic N) is 2. The summed E-state index contributed by atoms with van der Waals surface area (Å²) in [6.07, 6.45) is 1.78. The van der Waals surface area contributed by atoms with Gasteiger partial charge < -0.3 is 14.5 Å². The minimum Gasteiger partial charge on any atom is -0.485 e. The highest BCUT2D eigenvalue weighted by molar-refractivity contribution is 6.30. The van der Waals surface area contributed by atoms with Gasteiger partial charge in [0.05, 0.1) is 6.54 Å². The minimum atomic E-state index is -0.387. The van der Waals surface area contributed by atoms with E-state index in [1.54, 1.807) is 41.2 Å². The van der Waals surface area contributed by atoms with Crippen LogP contribution in [0.3, 0.4) is 0 Å². The summed E-state index contributed by atoms with van der Waals surface area (Å²) in [4.78, 5) is 12.5. The van der Waals surface area contributed by atoms with Gasteiger partial charge in [-0.15, -0.1) is 0 Å². The lowest BCUT2D eigenvalue weighted by Crippen LogP contribution is -2.12. The number of anilines is 1. The van der Waals surface area contributed by atoms with Crippen LogP contribution in [0.5, 0.6) is 5.75 Å². The van der Waals surface area contributed by atoms with E-state index in [2.05, 4.69) is 10.4 Å². The van der Waals surface area contributed by atoms with Crippen LogP contribution in [0.1, 0.15) is 27.4 Å². The molecule has 4 rings (SSSR count). The molecule has 0 bridgehead atoms. The number of benzene rings is 2. The lowest BCUT2D eigenvalue weighted by Gasteiger charge is -2.07. The zero-order chi connectivity index (χ0) is 21.8. The molecule has 4 aromatic rings. The van der Waals surface area contributed by atoms with Gasteiger partial charge in [-0.3, -0.25) is 9.48 Å². The van der Waals surface area contributed by atoms with Crippen LogP contribution < -0.4 is 10.1 Å². The molecule has 0 spiro atoms. The van der Waals surface area contributed by atoms with E-state index in [1.807, 2.05) is 37.3 Å². The second kappa shape index (κ2) is 9.29. The van der Waals surface area contributed by atoms with E-state index in [0.717, 1.165) is 11.1 Å². The summed E-state index contributed by atoms with van der Waals surface area (Å²) in [5.41, 5.74) is 1.94. The summed E-state index contributed by atoms with van der Waals surface area (Å²) in [6.45, 7) is 2.65. The Bertz CT molecular complexity index is 1220. The molecule has 31 heavy (non-hydrogen) atoms. The first-order valence-electron chi connectivity index (χ1n) is 9.53. The monoisotopic (exact) mass is 455 g/mol. The van der Waals surface area contributed by atoms with Crippen LogP contribution in [-0.4, -0.2) is 15.7 Å². The highest BCUT2D eigenvalue weighted by Crippen LogP contribution is 2.23. The van der Waals surface area contributed by atoms with Crippen molar-refractivity contribution in [2.24, 2.45) is 0 Å². The van der Waals surface area contributed by atoms with E-state index in [9.17, 15) is 4.79 Å². The van der Waals surface area contributed by atoms with Crippen LogP contribution in [0.4, 0.5) is 5.82 Å². The molecule has 1 amide bonds. The SMILES string of the molecule is Cc1cc(Cl)ccc1OCc1ccc(C(=O)Nc2ccn(Cc3cccc(Cl)c3)n2)o1. The van der Waals surface area contributed by atoms with Crippen molar-refractivity contribution < 1.29 is 13.9 Å². The van der Waals surface area contributed by atoms with Gasteiger partial charge in [-0.25, -0.2) is 0 Å². The molecule has 158 valence electrons. The summed E-state index contributed by atoms with van der Waals surface area (Å²) in [5, 5.41) is 8.42. The maximum Gasteiger partial charge on any atom is 0.292 e. The maximum atomic E-state index is 12.5. The Labute approximate surface area is 189 Å². The topological polar surface area (TPSA) is 69.3 Å². The number of halogens is 2. The predicted octanol–water partition coefficient (Wildman–Crippen LogP) is 5.97. The van der Waals surface area contributed by atoms with Gasteiger partial charge in [0.15, 0.2) is 11.6 Å². The summed E-state index contributed by atoms with van der Waals surface area (Å²) < 4.78 is 13.1. The molecule has 0 saturated carbocycles. The van der Waals surface area contributed by atoms with Crippen molar-refractivity contribution >= 4 is 34.9 Å². The first kappa shape index (κ1) is 21.0. The van der Waals surface area contributed by atoms with Crippen LogP contribution in [-0.2, 0) is 13.2 Å². The number of aromatic nitrogens is 2. The molecule has 0 fully saturated rings. The zero-order valence-electron chi connectivity index (χ0n) is 16.6. The smallest absolute Gasteiger partial charge is 0.292 e. The molecule has 2 heterocycles. The quantitative estimate of drug-likeness (QED) is 0.372. The van der Waals surface area contributed by atoms with E-state index < -0.39 is 0 Å². The Morgan fingerprint density at radius 3 is 2.74 bits per heavy atom. The first-order chi connectivity index (χ1) is 15.0. The van der Waals surface area contributed by atoms with E-state index >= 15 is 0 Å². The van der Waals surface area contributed by atoms with Crippen LogP contribution >= 0.6 is 23.2 Å². The molecule has 8 heteroatoms. The second-order valence-corrected chi connectivity index (χ2v) is 7.82. The van der Waals surface area contributed by atoms with E-state index in [-0.39, 0.29) is 18.3 Å². The highest BCUT2D eigenvalue weighted by Gasteiger charge is 2.14. The molecular weight excluding hydrogens is 437 g/mol. The Morgan fingerprint density at radius 2 is 1.94 bits per heavy atom. The Kier molecular flexibility index (Phi) is 6.30. The Hall–Kier alpha value is -3.22. The van der Waals surface area contributed by atoms with E-state index in [1.165, 1.54) is 0 Å². The van der Waals surface area contributed by atoms with Crippen LogP contribution in [0, 0.1) is 6.92 Å². The molecule has 0 aliphatic rings.